The number of urea groups is 1. The third-order valence-electron chi connectivity index (χ3n) is 17.1. The standard InChI is InChI=1S/C57H76N4O13/c1-6-11-51-73-47-31-42-40-20-19-37-29-39(63)24-25-55(37,4)52(40)45(65)32-56(42,5)57(47,74-51)46(66)33-72-50(69)23-18-35-14-16-36(17-15-35)28-44(64)43(13-10-26-59-54(58)71)60-53(70)41(34(2)3)30-38(62)12-8-7-9-27-61-48(67)21-22-49(61)68/h14-17,21-22,24-25,29,34,40-43,45,47,51-52,65H,6-13,18-20,23,26-28,30-33H2,1-5H3,(H,60,70)(H3,58,59,71)/t40-,41-,42-,43-,45-,47+,51?,52+,55-,56-,57+/m0/s1. The van der Waals surface area contributed by atoms with Crippen molar-refractivity contribution in [3.05, 3.63) is 71.3 Å². The molecule has 0 bridgehead atoms. The molecule has 4 fully saturated rings. The number of fused-ring (bicyclic) bond motifs is 7. The van der Waals surface area contributed by atoms with Crippen LogP contribution in [0.3, 0.4) is 0 Å². The normalized spacial score (nSPS) is 29.5. The van der Waals surface area contributed by atoms with Gasteiger partial charge in [0.25, 0.3) is 11.8 Å². The number of aliphatic hydroxyl groups is 1. The highest BCUT2D eigenvalue weighted by atomic mass is 16.7. The second kappa shape index (κ2) is 23.9. The van der Waals surface area contributed by atoms with Crippen LogP contribution in [0.5, 0.6) is 0 Å². The van der Waals surface area contributed by atoms with Crippen LogP contribution in [-0.2, 0) is 65.4 Å². The number of aryl methyl sites for hydroxylation is 1. The van der Waals surface area contributed by atoms with Crippen molar-refractivity contribution in [1.29, 1.82) is 0 Å². The number of ether oxygens (including phenoxy) is 3. The van der Waals surface area contributed by atoms with Crippen molar-refractivity contribution in [1.82, 2.24) is 15.5 Å². The molecule has 6 aliphatic rings. The molecule has 0 radical (unpaired) electrons. The average molecular weight is 1030 g/mol. The first kappa shape index (κ1) is 56.1. The van der Waals surface area contributed by atoms with E-state index in [2.05, 4.69) is 17.6 Å². The van der Waals surface area contributed by atoms with Crippen molar-refractivity contribution in [2.45, 2.75) is 167 Å². The number of allylic oxidation sites excluding steroid dienone is 4. The topological polar surface area (TPSA) is 255 Å². The number of hydrogen-bond acceptors (Lipinski definition) is 13. The predicted octanol–water partition coefficient (Wildman–Crippen LogP) is 5.66. The van der Waals surface area contributed by atoms with Gasteiger partial charge in [0.05, 0.1) is 18.2 Å². The summed E-state index contributed by atoms with van der Waals surface area (Å²) >= 11 is 0. The fraction of sp³-hybridized carbons (Fsp3) is 0.632. The summed E-state index contributed by atoms with van der Waals surface area (Å²) in [6.07, 6.45) is 12.3. The number of benzene rings is 1. The molecule has 2 aliphatic heterocycles. The molecule has 17 nitrogen and oxygen atoms in total. The van der Waals surface area contributed by atoms with E-state index in [1.165, 1.54) is 12.2 Å². The van der Waals surface area contributed by atoms with Gasteiger partial charge in [0.1, 0.15) is 5.78 Å². The fourth-order valence-corrected chi connectivity index (χ4v) is 13.2. The lowest BCUT2D eigenvalue weighted by atomic mass is 9.46. The van der Waals surface area contributed by atoms with Crippen molar-refractivity contribution in [2.75, 3.05) is 19.7 Å². The number of imide groups is 1. The zero-order chi connectivity index (χ0) is 53.5. The summed E-state index contributed by atoms with van der Waals surface area (Å²) in [6.45, 7) is 9.81. The number of rotatable bonds is 26. The summed E-state index contributed by atoms with van der Waals surface area (Å²) in [4.78, 5) is 117. The van der Waals surface area contributed by atoms with Crippen molar-refractivity contribution in [3.63, 3.8) is 0 Å². The van der Waals surface area contributed by atoms with Crippen molar-refractivity contribution >= 4 is 52.9 Å². The Labute approximate surface area is 434 Å². The molecule has 2 heterocycles. The second-order valence-corrected chi connectivity index (χ2v) is 22.2. The van der Waals surface area contributed by atoms with Gasteiger partial charge >= 0.3 is 12.0 Å². The lowest BCUT2D eigenvalue weighted by Gasteiger charge is -2.59. The van der Waals surface area contributed by atoms with Gasteiger partial charge in [-0.1, -0.05) is 83.4 Å². The maximum atomic E-state index is 14.6. The van der Waals surface area contributed by atoms with E-state index in [-0.39, 0.29) is 104 Å². The Balaban J connectivity index is 0.914. The third-order valence-corrected chi connectivity index (χ3v) is 17.1. The molecule has 11 atom stereocenters. The molecule has 1 unspecified atom stereocenters. The van der Waals surface area contributed by atoms with Gasteiger partial charge in [0.2, 0.25) is 11.7 Å². The Morgan fingerprint density at radius 2 is 1.66 bits per heavy atom. The van der Waals surface area contributed by atoms with Crippen LogP contribution in [-0.4, -0.2) is 113 Å². The molecule has 7 rings (SSSR count). The molecule has 5 amide bonds. The summed E-state index contributed by atoms with van der Waals surface area (Å²) in [5, 5.41) is 17.5. The van der Waals surface area contributed by atoms with Gasteiger partial charge in [-0.3, -0.25) is 43.3 Å². The van der Waals surface area contributed by atoms with Gasteiger partial charge in [0.15, 0.2) is 30.1 Å². The van der Waals surface area contributed by atoms with Gasteiger partial charge in [0, 0.05) is 73.6 Å². The molecule has 1 saturated heterocycles. The van der Waals surface area contributed by atoms with Gasteiger partial charge in [-0.15, -0.1) is 0 Å². The largest absolute Gasteiger partial charge is 0.458 e. The fourth-order valence-electron chi connectivity index (χ4n) is 13.2. The molecule has 17 heteroatoms. The number of hydrogen-bond donors (Lipinski definition) is 4. The molecule has 74 heavy (non-hydrogen) atoms. The minimum Gasteiger partial charge on any atom is -0.458 e. The van der Waals surface area contributed by atoms with Crippen LogP contribution in [0.2, 0.25) is 0 Å². The van der Waals surface area contributed by atoms with Crippen LogP contribution in [0.1, 0.15) is 136 Å². The van der Waals surface area contributed by atoms with Crippen LogP contribution >= 0.6 is 0 Å². The number of nitrogens with one attached hydrogen (secondary N) is 2. The minimum atomic E-state index is -1.41. The molecule has 1 aromatic rings. The summed E-state index contributed by atoms with van der Waals surface area (Å²) in [7, 11) is 0. The number of amides is 5. The third kappa shape index (κ3) is 12.0. The molecule has 1 aromatic carbocycles. The highest BCUT2D eigenvalue weighted by molar-refractivity contribution is 6.12. The number of nitrogens with zero attached hydrogens (tertiary/aromatic N) is 1. The number of nitrogens with two attached hydrogens (primary N) is 1. The summed E-state index contributed by atoms with van der Waals surface area (Å²) in [5.41, 5.74) is 5.07. The number of primary amides is 1. The van der Waals surface area contributed by atoms with Crippen LogP contribution in [0.25, 0.3) is 0 Å². The van der Waals surface area contributed by atoms with Gasteiger partial charge < -0.3 is 35.7 Å². The van der Waals surface area contributed by atoms with E-state index in [1.807, 2.05) is 45.9 Å². The highest BCUT2D eigenvalue weighted by Crippen LogP contribution is 2.69. The van der Waals surface area contributed by atoms with Crippen molar-refractivity contribution in [2.24, 2.45) is 46.2 Å². The monoisotopic (exact) mass is 1020 g/mol. The summed E-state index contributed by atoms with van der Waals surface area (Å²) in [5.74, 6) is -3.44. The van der Waals surface area contributed by atoms with Crippen LogP contribution in [0, 0.1) is 40.4 Å². The van der Waals surface area contributed by atoms with E-state index in [1.54, 1.807) is 24.3 Å². The zero-order valence-electron chi connectivity index (χ0n) is 43.7. The first-order chi connectivity index (χ1) is 35.2. The maximum Gasteiger partial charge on any atom is 0.312 e. The lowest BCUT2D eigenvalue weighted by molar-refractivity contribution is -0.201. The number of carbonyl (C=O) groups excluding carboxylic acids is 9. The second-order valence-electron chi connectivity index (χ2n) is 22.2. The number of ketones is 4. The lowest BCUT2D eigenvalue weighted by Crippen LogP contribution is -2.63. The van der Waals surface area contributed by atoms with Gasteiger partial charge in [-0.2, -0.15) is 0 Å². The number of aliphatic hydroxyl groups excluding tert-OH is 1. The van der Waals surface area contributed by atoms with E-state index in [0.717, 1.165) is 35.3 Å². The zero-order valence-corrected chi connectivity index (χ0v) is 43.7. The molecule has 3 saturated carbocycles. The Morgan fingerprint density at radius 1 is 0.946 bits per heavy atom. The number of Topliss-reactive ketones (excluding diaryl/α,β-unsaturated/α-hetero) is 3. The molecular weight excluding hydrogens is 949 g/mol. The van der Waals surface area contributed by atoms with Crippen LogP contribution in [0.4, 0.5) is 4.79 Å². The van der Waals surface area contributed by atoms with Crippen molar-refractivity contribution < 1.29 is 62.5 Å². The number of esters is 1. The Morgan fingerprint density at radius 3 is 2.35 bits per heavy atom. The molecular formula is C57H76N4O13. The highest BCUT2D eigenvalue weighted by Gasteiger charge is 2.76. The van der Waals surface area contributed by atoms with Gasteiger partial charge in [-0.25, -0.2) is 4.79 Å². The van der Waals surface area contributed by atoms with Crippen molar-refractivity contribution in [3.8, 4) is 0 Å². The van der Waals surface area contributed by atoms with Gasteiger partial charge in [-0.05, 0) is 105 Å². The number of carbonyl (C=O) groups is 9. The van der Waals surface area contributed by atoms with E-state index in [0.29, 0.717) is 56.9 Å². The number of unbranched alkanes of at least 4 members (excludes halogenated alkanes) is 2. The maximum absolute atomic E-state index is 14.6. The van der Waals surface area contributed by atoms with E-state index in [4.69, 9.17) is 19.9 Å². The van der Waals surface area contributed by atoms with Crippen LogP contribution in [0.15, 0.2) is 60.2 Å². The van der Waals surface area contributed by atoms with Crippen LogP contribution < -0.4 is 16.4 Å². The molecule has 5 N–H and O–H groups in total. The first-order valence-electron chi connectivity index (χ1n) is 26.8. The molecule has 0 aromatic heterocycles. The van der Waals surface area contributed by atoms with E-state index < -0.39 is 71.4 Å². The minimum absolute atomic E-state index is 0.00931. The SMILES string of the molecule is CCCC1O[C@@H]2C[C@H]3[C@@H]4CCC5=CC(=O)C=C[C@]5(C)[C@H]4[C@@H](O)C[C@]3(C)[C@]2(C(=O)COC(=O)CCc2ccc(CC(=O)[C@H](CCCNC(N)=O)NC(=O)[C@@H](CC(=O)CCCCCN3C(=O)C=CC3=O)C(C)C)cc2)O1. The Hall–Kier alpha value is -5.65. The summed E-state index contributed by atoms with van der Waals surface area (Å²) < 4.78 is 18.9. The molecule has 402 valence electrons. The quantitative estimate of drug-likeness (QED) is 0.0497. The van der Waals surface area contributed by atoms with E-state index >= 15 is 0 Å². The Kier molecular flexibility index (Phi) is 18.1. The molecule has 4 aliphatic carbocycles. The predicted molar refractivity (Wildman–Crippen MR) is 271 cm³/mol. The first-order valence-corrected chi connectivity index (χ1v) is 26.8. The Bertz CT molecular complexity index is 2410. The summed E-state index contributed by atoms with van der Waals surface area (Å²) in [6, 6.07) is 5.55. The smallest absolute Gasteiger partial charge is 0.312 e. The average Bonchev–Trinajstić information content (AvgIpc) is 3.97. The molecule has 0 spiro atoms. The van der Waals surface area contributed by atoms with E-state index in [9.17, 15) is 48.3 Å².